The Morgan fingerprint density at radius 3 is 2.27 bits per heavy atom. The zero-order valence-corrected chi connectivity index (χ0v) is 12.6. The van der Waals surface area contributed by atoms with E-state index in [0.29, 0.717) is 5.69 Å². The van der Waals surface area contributed by atoms with Gasteiger partial charge in [-0.1, -0.05) is 42.5 Å². The maximum atomic E-state index is 11.4. The number of rotatable bonds is 3. The van der Waals surface area contributed by atoms with Crippen LogP contribution in [0.15, 0.2) is 54.6 Å². The van der Waals surface area contributed by atoms with E-state index in [1.54, 1.807) is 18.2 Å². The SMILES string of the molecule is Cc1cc(C)c2ccccc2c1Nc1ccccc1C(=O)O. The Labute approximate surface area is 129 Å². The molecule has 3 aromatic rings. The van der Waals surface area contributed by atoms with E-state index in [1.165, 1.54) is 10.9 Å². The molecule has 0 bridgehead atoms. The second-order valence-corrected chi connectivity index (χ2v) is 5.41. The highest BCUT2D eigenvalue weighted by atomic mass is 16.4. The number of benzene rings is 3. The van der Waals surface area contributed by atoms with Crippen molar-refractivity contribution in [3.63, 3.8) is 0 Å². The average molecular weight is 291 g/mol. The first kappa shape index (κ1) is 14.1. The third kappa shape index (κ3) is 2.42. The number of aromatic carboxylic acids is 1. The Hall–Kier alpha value is -2.81. The summed E-state index contributed by atoms with van der Waals surface area (Å²) in [5.74, 6) is -0.933. The third-order valence-electron chi connectivity index (χ3n) is 3.87. The van der Waals surface area contributed by atoms with E-state index in [4.69, 9.17) is 0 Å². The van der Waals surface area contributed by atoms with Crippen LogP contribution in [0.5, 0.6) is 0 Å². The monoisotopic (exact) mass is 291 g/mol. The van der Waals surface area contributed by atoms with Gasteiger partial charge >= 0.3 is 5.97 Å². The van der Waals surface area contributed by atoms with E-state index < -0.39 is 5.97 Å². The van der Waals surface area contributed by atoms with Crippen molar-refractivity contribution in [2.24, 2.45) is 0 Å². The van der Waals surface area contributed by atoms with Gasteiger partial charge in [0.15, 0.2) is 0 Å². The van der Waals surface area contributed by atoms with Gasteiger partial charge in [0, 0.05) is 11.1 Å². The first-order valence-electron chi connectivity index (χ1n) is 7.16. The lowest BCUT2D eigenvalue weighted by Crippen LogP contribution is -2.03. The van der Waals surface area contributed by atoms with Crippen LogP contribution in [0.1, 0.15) is 21.5 Å². The summed E-state index contributed by atoms with van der Waals surface area (Å²) in [6, 6.07) is 17.2. The fraction of sp³-hybridized carbons (Fsp3) is 0.105. The smallest absolute Gasteiger partial charge is 0.337 e. The molecule has 0 atom stereocenters. The number of para-hydroxylation sites is 1. The Balaban J connectivity index is 2.18. The van der Waals surface area contributed by atoms with E-state index in [9.17, 15) is 9.90 Å². The second-order valence-electron chi connectivity index (χ2n) is 5.41. The van der Waals surface area contributed by atoms with Gasteiger partial charge in [-0.2, -0.15) is 0 Å². The van der Waals surface area contributed by atoms with Crippen LogP contribution in [0, 0.1) is 13.8 Å². The van der Waals surface area contributed by atoms with Crippen LogP contribution in [0.2, 0.25) is 0 Å². The number of anilines is 2. The van der Waals surface area contributed by atoms with Gasteiger partial charge in [-0.15, -0.1) is 0 Å². The van der Waals surface area contributed by atoms with E-state index in [2.05, 4.69) is 30.4 Å². The number of hydrogen-bond donors (Lipinski definition) is 2. The first-order chi connectivity index (χ1) is 10.6. The Morgan fingerprint density at radius 1 is 0.909 bits per heavy atom. The lowest BCUT2D eigenvalue weighted by molar-refractivity contribution is 0.0698. The molecule has 0 saturated carbocycles. The molecule has 0 aliphatic rings. The zero-order valence-electron chi connectivity index (χ0n) is 12.6. The number of aryl methyl sites for hydroxylation is 2. The highest BCUT2D eigenvalue weighted by Crippen LogP contribution is 2.33. The lowest BCUT2D eigenvalue weighted by atomic mass is 9.99. The van der Waals surface area contributed by atoms with Crippen LogP contribution >= 0.6 is 0 Å². The van der Waals surface area contributed by atoms with Gasteiger partial charge in [0.05, 0.1) is 11.3 Å². The van der Waals surface area contributed by atoms with Crippen molar-refractivity contribution in [1.82, 2.24) is 0 Å². The molecular formula is C19H17NO2. The highest BCUT2D eigenvalue weighted by Gasteiger charge is 2.12. The molecule has 3 aromatic carbocycles. The summed E-state index contributed by atoms with van der Waals surface area (Å²) in [4.78, 5) is 11.4. The number of carbonyl (C=O) groups is 1. The summed E-state index contributed by atoms with van der Waals surface area (Å²) >= 11 is 0. The van der Waals surface area contributed by atoms with Crippen molar-refractivity contribution in [3.05, 3.63) is 71.3 Å². The van der Waals surface area contributed by atoms with E-state index in [0.717, 1.165) is 16.6 Å². The standard InChI is InChI=1S/C19H17NO2/c1-12-11-13(2)18(15-8-4-3-7-14(12)15)20-17-10-6-5-9-16(17)19(21)22/h3-11,20H,1-2H3,(H,21,22). The molecule has 3 heteroatoms. The Kier molecular flexibility index (Phi) is 3.55. The number of hydrogen-bond acceptors (Lipinski definition) is 2. The molecule has 3 nitrogen and oxygen atoms in total. The Bertz CT molecular complexity index is 868. The van der Waals surface area contributed by atoms with Gasteiger partial charge in [-0.05, 0) is 42.5 Å². The molecule has 0 saturated heterocycles. The van der Waals surface area contributed by atoms with Crippen molar-refractivity contribution in [3.8, 4) is 0 Å². The van der Waals surface area contributed by atoms with Gasteiger partial charge in [0.1, 0.15) is 0 Å². The molecule has 2 N–H and O–H groups in total. The number of fused-ring (bicyclic) bond motifs is 1. The number of nitrogens with one attached hydrogen (secondary N) is 1. The maximum absolute atomic E-state index is 11.4. The summed E-state index contributed by atoms with van der Waals surface area (Å²) in [7, 11) is 0. The van der Waals surface area contributed by atoms with Crippen molar-refractivity contribution in [2.45, 2.75) is 13.8 Å². The number of carboxylic acid groups (broad SMARTS) is 1. The average Bonchev–Trinajstić information content (AvgIpc) is 2.51. The van der Waals surface area contributed by atoms with Crippen molar-refractivity contribution < 1.29 is 9.90 Å². The summed E-state index contributed by atoms with van der Waals surface area (Å²) < 4.78 is 0. The molecule has 0 amide bonds. The first-order valence-corrected chi connectivity index (χ1v) is 7.16. The predicted octanol–water partition coefficient (Wildman–Crippen LogP) is 4.90. The Morgan fingerprint density at radius 2 is 1.55 bits per heavy atom. The number of carboxylic acids is 1. The predicted molar refractivity (Wildman–Crippen MR) is 90.1 cm³/mol. The summed E-state index contributed by atoms with van der Waals surface area (Å²) in [5, 5.41) is 14.9. The molecule has 0 radical (unpaired) electrons. The van der Waals surface area contributed by atoms with Gasteiger partial charge in [-0.3, -0.25) is 0 Å². The molecule has 0 aliphatic carbocycles. The van der Waals surface area contributed by atoms with Gasteiger partial charge in [0.25, 0.3) is 0 Å². The van der Waals surface area contributed by atoms with Gasteiger partial charge in [0.2, 0.25) is 0 Å². The van der Waals surface area contributed by atoms with Crippen molar-refractivity contribution in [1.29, 1.82) is 0 Å². The van der Waals surface area contributed by atoms with Crippen molar-refractivity contribution >= 4 is 28.1 Å². The minimum absolute atomic E-state index is 0.270. The topological polar surface area (TPSA) is 49.3 Å². The van der Waals surface area contributed by atoms with E-state index >= 15 is 0 Å². The summed E-state index contributed by atoms with van der Waals surface area (Å²) in [5.41, 5.74) is 4.13. The van der Waals surface area contributed by atoms with Crippen LogP contribution in [-0.4, -0.2) is 11.1 Å². The summed E-state index contributed by atoms with van der Waals surface area (Å²) in [6.07, 6.45) is 0. The van der Waals surface area contributed by atoms with Crippen molar-refractivity contribution in [2.75, 3.05) is 5.32 Å². The minimum atomic E-state index is -0.933. The molecule has 0 fully saturated rings. The van der Waals surface area contributed by atoms with Crippen LogP contribution in [-0.2, 0) is 0 Å². The van der Waals surface area contributed by atoms with Crippen LogP contribution < -0.4 is 5.32 Å². The normalized spacial score (nSPS) is 10.6. The van der Waals surface area contributed by atoms with Gasteiger partial charge < -0.3 is 10.4 Å². The molecular weight excluding hydrogens is 274 g/mol. The lowest BCUT2D eigenvalue weighted by Gasteiger charge is -2.16. The van der Waals surface area contributed by atoms with Crippen LogP contribution in [0.3, 0.4) is 0 Å². The zero-order chi connectivity index (χ0) is 15.7. The largest absolute Gasteiger partial charge is 0.478 e. The minimum Gasteiger partial charge on any atom is -0.478 e. The fourth-order valence-electron chi connectivity index (χ4n) is 2.81. The summed E-state index contributed by atoms with van der Waals surface area (Å²) in [6.45, 7) is 4.12. The van der Waals surface area contributed by atoms with E-state index in [-0.39, 0.29) is 5.56 Å². The molecule has 0 aromatic heterocycles. The highest BCUT2D eigenvalue weighted by molar-refractivity contribution is 6.01. The maximum Gasteiger partial charge on any atom is 0.337 e. The molecule has 0 heterocycles. The van der Waals surface area contributed by atoms with Crippen LogP contribution in [0.4, 0.5) is 11.4 Å². The van der Waals surface area contributed by atoms with E-state index in [1.807, 2.05) is 25.1 Å². The van der Waals surface area contributed by atoms with Crippen LogP contribution in [0.25, 0.3) is 10.8 Å². The molecule has 3 rings (SSSR count). The molecule has 22 heavy (non-hydrogen) atoms. The second kappa shape index (κ2) is 5.53. The molecule has 110 valence electrons. The molecule has 0 unspecified atom stereocenters. The third-order valence-corrected chi connectivity index (χ3v) is 3.87. The molecule has 0 aliphatic heterocycles. The quantitative estimate of drug-likeness (QED) is 0.721. The fourth-order valence-corrected chi connectivity index (χ4v) is 2.81. The molecule has 0 spiro atoms. The van der Waals surface area contributed by atoms with Gasteiger partial charge in [-0.25, -0.2) is 4.79 Å².